The van der Waals surface area contributed by atoms with Crippen LogP contribution >= 0.6 is 0 Å². The molecule has 0 spiro atoms. The lowest BCUT2D eigenvalue weighted by Crippen LogP contribution is -2.37. The maximum atomic E-state index is 14.8. The average molecular weight is 479 g/mol. The van der Waals surface area contributed by atoms with Gasteiger partial charge in [-0.15, -0.1) is 10.2 Å². The highest BCUT2D eigenvalue weighted by atomic mass is 19.1. The minimum Gasteiger partial charge on any atom is -0.393 e. The highest BCUT2D eigenvalue weighted by molar-refractivity contribution is 6.04. The molecular weight excluding hydrogens is 451 g/mol. The molecule has 0 saturated carbocycles. The second-order valence-corrected chi connectivity index (χ2v) is 9.13. The zero-order valence-corrected chi connectivity index (χ0v) is 19.5. The predicted octanol–water partition coefficient (Wildman–Crippen LogP) is 2.72. The van der Waals surface area contributed by atoms with E-state index in [-0.39, 0.29) is 30.3 Å². The first kappa shape index (κ1) is 23.1. The van der Waals surface area contributed by atoms with Crippen molar-refractivity contribution in [3.05, 3.63) is 58.7 Å². The van der Waals surface area contributed by atoms with Gasteiger partial charge in [-0.3, -0.25) is 9.59 Å². The number of carbonyl (C=O) groups is 2. The number of pyridine rings is 1. The van der Waals surface area contributed by atoms with Gasteiger partial charge in [0.25, 0.3) is 5.91 Å². The molecule has 10 heteroatoms. The molecule has 1 aromatic carbocycles. The molecule has 35 heavy (non-hydrogen) atoms. The Labute approximate surface area is 202 Å². The first-order valence-corrected chi connectivity index (χ1v) is 11.9. The Morgan fingerprint density at radius 2 is 2.00 bits per heavy atom. The van der Waals surface area contributed by atoms with Crippen LogP contribution in [-0.4, -0.2) is 54.2 Å². The van der Waals surface area contributed by atoms with E-state index in [1.807, 2.05) is 4.57 Å². The zero-order chi connectivity index (χ0) is 24.5. The third-order valence-electron chi connectivity index (χ3n) is 6.45. The van der Waals surface area contributed by atoms with Gasteiger partial charge in [0.1, 0.15) is 23.2 Å². The number of aryl methyl sites for hydroxylation is 1. The van der Waals surface area contributed by atoms with E-state index in [1.54, 1.807) is 30.0 Å². The lowest BCUT2D eigenvalue weighted by molar-refractivity contribution is -0.133. The Morgan fingerprint density at radius 1 is 1.14 bits per heavy atom. The van der Waals surface area contributed by atoms with Gasteiger partial charge < -0.3 is 19.9 Å². The third kappa shape index (κ3) is 4.79. The summed E-state index contributed by atoms with van der Waals surface area (Å²) in [5.41, 5.74) is 1.97. The van der Waals surface area contributed by atoms with Crippen LogP contribution in [0.15, 0.2) is 30.3 Å². The van der Waals surface area contributed by atoms with Crippen molar-refractivity contribution >= 4 is 17.6 Å². The van der Waals surface area contributed by atoms with E-state index in [0.717, 1.165) is 42.8 Å². The van der Waals surface area contributed by atoms with E-state index < -0.39 is 17.8 Å². The summed E-state index contributed by atoms with van der Waals surface area (Å²) in [6.45, 7) is 3.11. The van der Waals surface area contributed by atoms with Crippen molar-refractivity contribution in [2.45, 2.75) is 58.2 Å². The second kappa shape index (κ2) is 9.53. The van der Waals surface area contributed by atoms with E-state index in [2.05, 4.69) is 20.5 Å². The highest BCUT2D eigenvalue weighted by Gasteiger charge is 2.25. The molecule has 0 saturated heterocycles. The average Bonchev–Trinajstić information content (AvgIpc) is 3.27. The Balaban J connectivity index is 1.35. The van der Waals surface area contributed by atoms with Crippen LogP contribution in [-0.2, 0) is 30.7 Å². The van der Waals surface area contributed by atoms with Crippen molar-refractivity contribution < 1.29 is 19.1 Å². The number of aromatic nitrogens is 4. The minimum absolute atomic E-state index is 0.0289. The summed E-state index contributed by atoms with van der Waals surface area (Å²) in [6.07, 6.45) is 2.80. The summed E-state index contributed by atoms with van der Waals surface area (Å²) in [6, 6.07) is 8.08. The number of halogens is 1. The van der Waals surface area contributed by atoms with Crippen LogP contribution in [0.4, 0.5) is 10.2 Å². The number of anilines is 1. The van der Waals surface area contributed by atoms with Crippen molar-refractivity contribution in [2.75, 3.05) is 11.9 Å². The number of hydrogen-bond donors (Lipinski definition) is 2. The van der Waals surface area contributed by atoms with Gasteiger partial charge >= 0.3 is 0 Å². The van der Waals surface area contributed by atoms with E-state index in [4.69, 9.17) is 0 Å². The molecule has 2 amide bonds. The molecular formula is C25H27FN6O3. The first-order valence-electron chi connectivity index (χ1n) is 11.9. The quantitative estimate of drug-likeness (QED) is 0.583. The van der Waals surface area contributed by atoms with Crippen LogP contribution in [0.3, 0.4) is 0 Å². The van der Waals surface area contributed by atoms with Gasteiger partial charge in [0, 0.05) is 26.1 Å². The molecule has 3 aromatic rings. The Hall–Kier alpha value is -3.66. The molecule has 2 aromatic heterocycles. The fourth-order valence-electron chi connectivity index (χ4n) is 4.66. The van der Waals surface area contributed by atoms with Crippen LogP contribution in [0.5, 0.6) is 0 Å². The van der Waals surface area contributed by atoms with Gasteiger partial charge in [-0.25, -0.2) is 9.37 Å². The number of fused-ring (bicyclic) bond motifs is 2. The number of rotatable bonds is 5. The summed E-state index contributed by atoms with van der Waals surface area (Å²) in [5.74, 6) is 0.458. The van der Waals surface area contributed by atoms with Gasteiger partial charge in [0.2, 0.25) is 5.91 Å². The molecule has 2 N–H and O–H groups in total. The number of hydrogen-bond acceptors (Lipinski definition) is 6. The van der Waals surface area contributed by atoms with Gasteiger partial charge in [-0.2, -0.15) is 0 Å². The van der Waals surface area contributed by atoms with E-state index in [9.17, 15) is 19.1 Å². The SMILES string of the molecule is C[C@H](O)CC(=O)N1CCc2cc(F)c(C(=O)Nc3cccc(-c4nnc5n4CCCC5)n3)cc2C1. The number of carbonyl (C=O) groups excluding carboxylic acids is 2. The predicted molar refractivity (Wildman–Crippen MR) is 126 cm³/mol. The summed E-state index contributed by atoms with van der Waals surface area (Å²) in [4.78, 5) is 31.5. The van der Waals surface area contributed by atoms with Gasteiger partial charge in [0.15, 0.2) is 5.82 Å². The molecule has 0 aliphatic carbocycles. The van der Waals surface area contributed by atoms with Gasteiger partial charge in [0.05, 0.1) is 18.1 Å². The first-order chi connectivity index (χ1) is 16.9. The van der Waals surface area contributed by atoms with E-state index >= 15 is 0 Å². The zero-order valence-electron chi connectivity index (χ0n) is 19.5. The van der Waals surface area contributed by atoms with Gasteiger partial charge in [-0.1, -0.05) is 6.07 Å². The van der Waals surface area contributed by atoms with Crippen molar-refractivity contribution in [3.63, 3.8) is 0 Å². The van der Waals surface area contributed by atoms with Crippen molar-refractivity contribution in [3.8, 4) is 11.5 Å². The van der Waals surface area contributed by atoms with Gasteiger partial charge in [-0.05, 0) is 61.6 Å². The molecule has 1 atom stereocenters. The molecule has 2 aliphatic heterocycles. The Morgan fingerprint density at radius 3 is 2.83 bits per heavy atom. The maximum absolute atomic E-state index is 14.8. The standard InChI is InChI=1S/C25H27FN6O3/c1-15(33)11-23(34)31-10-8-16-13-19(26)18(12-17(16)14-31)25(35)28-21-6-4-5-20(27-21)24-30-29-22-7-2-3-9-32(22)24/h4-6,12-13,15,33H,2-3,7-11,14H2,1H3,(H,27,28,35)/t15-/m0/s1. The molecule has 0 bridgehead atoms. The normalized spacial score (nSPS) is 15.8. The number of nitrogens with one attached hydrogen (secondary N) is 1. The molecule has 0 radical (unpaired) electrons. The molecule has 2 aliphatic rings. The lowest BCUT2D eigenvalue weighted by atomic mass is 9.96. The van der Waals surface area contributed by atoms with Crippen molar-refractivity contribution in [1.29, 1.82) is 0 Å². The summed E-state index contributed by atoms with van der Waals surface area (Å²) >= 11 is 0. The Kier molecular flexibility index (Phi) is 6.29. The fourth-order valence-corrected chi connectivity index (χ4v) is 4.66. The summed E-state index contributed by atoms with van der Waals surface area (Å²) in [5, 5.41) is 20.7. The van der Waals surface area contributed by atoms with Crippen LogP contribution < -0.4 is 5.32 Å². The molecule has 182 valence electrons. The Bertz CT molecular complexity index is 1290. The van der Waals surface area contributed by atoms with Crippen LogP contribution in [0.1, 0.15) is 53.5 Å². The smallest absolute Gasteiger partial charge is 0.259 e. The van der Waals surface area contributed by atoms with Crippen LogP contribution in [0, 0.1) is 5.82 Å². The van der Waals surface area contributed by atoms with Crippen LogP contribution in [0.2, 0.25) is 0 Å². The minimum atomic E-state index is -0.732. The third-order valence-corrected chi connectivity index (χ3v) is 6.45. The molecule has 9 nitrogen and oxygen atoms in total. The summed E-state index contributed by atoms with van der Waals surface area (Å²) < 4.78 is 16.9. The maximum Gasteiger partial charge on any atom is 0.259 e. The lowest BCUT2D eigenvalue weighted by Gasteiger charge is -2.29. The monoisotopic (exact) mass is 478 g/mol. The molecule has 0 fully saturated rings. The van der Waals surface area contributed by atoms with E-state index in [1.165, 1.54) is 12.1 Å². The van der Waals surface area contributed by atoms with Crippen molar-refractivity contribution in [2.24, 2.45) is 0 Å². The fraction of sp³-hybridized carbons (Fsp3) is 0.400. The molecule has 4 heterocycles. The number of aliphatic hydroxyl groups is 1. The molecule has 0 unspecified atom stereocenters. The van der Waals surface area contributed by atoms with Crippen molar-refractivity contribution in [1.82, 2.24) is 24.6 Å². The topological polar surface area (TPSA) is 113 Å². The summed E-state index contributed by atoms with van der Waals surface area (Å²) in [7, 11) is 0. The number of amides is 2. The number of aliphatic hydroxyl groups excluding tert-OH is 1. The second-order valence-electron chi connectivity index (χ2n) is 9.13. The number of nitrogens with zero attached hydrogens (tertiary/aromatic N) is 5. The molecule has 5 rings (SSSR count). The number of benzene rings is 1. The van der Waals surface area contributed by atoms with E-state index in [0.29, 0.717) is 24.5 Å². The largest absolute Gasteiger partial charge is 0.393 e. The van der Waals surface area contributed by atoms with Crippen LogP contribution in [0.25, 0.3) is 11.5 Å². The highest BCUT2D eigenvalue weighted by Crippen LogP contribution is 2.25.